The lowest BCUT2D eigenvalue weighted by atomic mass is 10.5. The van der Waals surface area contributed by atoms with Gasteiger partial charge in [-0.3, -0.25) is 19.2 Å². The first kappa shape index (κ1) is 13.3. The van der Waals surface area contributed by atoms with Crippen LogP contribution in [0.5, 0.6) is 0 Å². The van der Waals surface area contributed by atoms with Gasteiger partial charge in [-0.25, -0.2) is 5.90 Å². The molecule has 0 saturated heterocycles. The van der Waals surface area contributed by atoms with E-state index in [-0.39, 0.29) is 38.1 Å². The van der Waals surface area contributed by atoms with Gasteiger partial charge in [0.15, 0.2) is 0 Å². The molecule has 0 aliphatic rings. The highest BCUT2D eigenvalue weighted by Crippen LogP contribution is 1.67. The molecule has 0 rings (SSSR count). The molecule has 0 aromatic rings. The highest BCUT2D eigenvalue weighted by molar-refractivity contribution is 5.80. The lowest BCUT2D eigenvalue weighted by molar-refractivity contribution is -0.126. The van der Waals surface area contributed by atoms with Gasteiger partial charge in [0, 0.05) is 13.1 Å². The van der Waals surface area contributed by atoms with Crippen LogP contribution in [0, 0.1) is 0 Å². The summed E-state index contributed by atoms with van der Waals surface area (Å²) in [4.78, 5) is 35.6. The molecule has 15 heavy (non-hydrogen) atoms. The van der Waals surface area contributed by atoms with E-state index in [0.29, 0.717) is 6.41 Å². The van der Waals surface area contributed by atoms with Gasteiger partial charge in [-0.2, -0.15) is 0 Å². The summed E-state index contributed by atoms with van der Waals surface area (Å²) in [6.45, 7) is 0.245. The molecule has 8 nitrogen and oxygen atoms in total. The van der Waals surface area contributed by atoms with Crippen molar-refractivity contribution in [2.45, 2.75) is 0 Å². The second kappa shape index (κ2) is 8.91. The molecule has 0 atom stereocenters. The van der Waals surface area contributed by atoms with Crippen LogP contribution >= 0.6 is 0 Å². The van der Waals surface area contributed by atoms with E-state index >= 15 is 0 Å². The molecule has 0 unspecified atom stereocenters. The van der Waals surface area contributed by atoms with Gasteiger partial charge >= 0.3 is 0 Å². The molecule has 0 radical (unpaired) electrons. The van der Waals surface area contributed by atoms with Gasteiger partial charge in [0.25, 0.3) is 0 Å². The Bertz CT molecular complexity index is 221. The average molecular weight is 218 g/mol. The van der Waals surface area contributed by atoms with Crippen molar-refractivity contribution in [1.29, 1.82) is 0 Å². The minimum absolute atomic E-state index is 0.0800. The molecule has 0 aromatic carbocycles. The summed E-state index contributed by atoms with van der Waals surface area (Å²) in [5.74, 6) is 3.97. The summed E-state index contributed by atoms with van der Waals surface area (Å²) in [5.41, 5.74) is 0. The Morgan fingerprint density at radius 2 is 1.80 bits per heavy atom. The molecule has 0 fully saturated rings. The smallest absolute Gasteiger partial charge is 0.248 e. The van der Waals surface area contributed by atoms with E-state index < -0.39 is 0 Å². The predicted molar refractivity (Wildman–Crippen MR) is 50.2 cm³/mol. The zero-order chi connectivity index (χ0) is 11.5. The van der Waals surface area contributed by atoms with Crippen molar-refractivity contribution in [2.75, 3.05) is 26.2 Å². The molecule has 0 bridgehead atoms. The molecule has 0 saturated carbocycles. The summed E-state index contributed by atoms with van der Waals surface area (Å²) in [6, 6.07) is 0. The zero-order valence-electron chi connectivity index (χ0n) is 8.12. The summed E-state index contributed by atoms with van der Waals surface area (Å²) < 4.78 is 0. The number of nitrogens with one attached hydrogen (secondary N) is 3. The number of hydrogen-bond donors (Lipinski definition) is 4. The van der Waals surface area contributed by atoms with Crippen LogP contribution in [-0.4, -0.2) is 44.5 Å². The van der Waals surface area contributed by atoms with E-state index in [2.05, 4.69) is 26.7 Å². The molecule has 0 heterocycles. The molecule has 0 aliphatic heterocycles. The summed E-state index contributed by atoms with van der Waals surface area (Å²) in [5, 5.41) is 7.12. The fourth-order valence-electron chi connectivity index (χ4n) is 0.727. The minimum atomic E-state index is -0.363. The van der Waals surface area contributed by atoms with Gasteiger partial charge in [0.1, 0.15) is 6.61 Å². The molecule has 3 amide bonds. The average Bonchev–Trinajstić information content (AvgIpc) is 2.22. The van der Waals surface area contributed by atoms with Gasteiger partial charge < -0.3 is 16.0 Å². The number of amides is 3. The first-order valence-electron chi connectivity index (χ1n) is 4.22. The van der Waals surface area contributed by atoms with E-state index in [0.717, 1.165) is 0 Å². The van der Waals surface area contributed by atoms with E-state index in [1.807, 2.05) is 0 Å². The molecule has 8 heteroatoms. The molecule has 0 aromatic heterocycles. The van der Waals surface area contributed by atoms with Crippen LogP contribution in [0.3, 0.4) is 0 Å². The number of hydrogen-bond acceptors (Lipinski definition) is 5. The number of nitrogens with two attached hydrogens (primary N) is 1. The molecule has 5 N–H and O–H groups in total. The van der Waals surface area contributed by atoms with Crippen LogP contribution in [0.25, 0.3) is 0 Å². The lowest BCUT2D eigenvalue weighted by Crippen LogP contribution is -2.39. The molecule has 86 valence electrons. The van der Waals surface area contributed by atoms with Crippen LogP contribution in [0.15, 0.2) is 0 Å². The van der Waals surface area contributed by atoms with Crippen molar-refractivity contribution in [3.05, 3.63) is 0 Å². The third-order valence-corrected chi connectivity index (χ3v) is 1.33. The second-order valence-electron chi connectivity index (χ2n) is 2.51. The quantitative estimate of drug-likeness (QED) is 0.195. The van der Waals surface area contributed by atoms with Crippen molar-refractivity contribution in [1.82, 2.24) is 16.0 Å². The maximum absolute atomic E-state index is 10.9. The molecular formula is C7H14N4O4. The first-order chi connectivity index (χ1) is 7.20. The zero-order valence-corrected chi connectivity index (χ0v) is 8.12. The number of carbonyl (C=O) groups is 3. The Morgan fingerprint density at radius 3 is 2.33 bits per heavy atom. The van der Waals surface area contributed by atoms with Gasteiger partial charge in [-0.1, -0.05) is 0 Å². The minimum Gasteiger partial charge on any atom is -0.353 e. The monoisotopic (exact) mass is 218 g/mol. The van der Waals surface area contributed by atoms with Gasteiger partial charge in [0.2, 0.25) is 18.2 Å². The Kier molecular flexibility index (Phi) is 7.92. The van der Waals surface area contributed by atoms with Crippen molar-refractivity contribution in [2.24, 2.45) is 5.90 Å². The van der Waals surface area contributed by atoms with Crippen LogP contribution in [0.1, 0.15) is 0 Å². The van der Waals surface area contributed by atoms with E-state index in [4.69, 9.17) is 0 Å². The Morgan fingerprint density at radius 1 is 1.20 bits per heavy atom. The van der Waals surface area contributed by atoms with Crippen molar-refractivity contribution >= 4 is 18.2 Å². The number of rotatable bonds is 8. The summed E-state index contributed by atoms with van der Waals surface area (Å²) >= 11 is 0. The summed E-state index contributed by atoms with van der Waals surface area (Å²) in [6.07, 6.45) is 0.430. The molecule has 0 aliphatic carbocycles. The molecular weight excluding hydrogens is 204 g/mol. The van der Waals surface area contributed by atoms with Gasteiger partial charge in [-0.05, 0) is 0 Å². The SMILES string of the molecule is NOCC(=O)NCCNC(=O)CNC=O. The van der Waals surface area contributed by atoms with Gasteiger partial charge in [-0.15, -0.1) is 0 Å². The standard InChI is InChI=1S/C7H14N4O4/c8-15-4-7(14)11-2-1-10-6(13)3-9-5-12/h5H,1-4,8H2,(H,9,12)(H,10,13)(H,11,14). The maximum atomic E-state index is 10.9. The van der Waals surface area contributed by atoms with E-state index in [9.17, 15) is 14.4 Å². The fraction of sp³-hybridized carbons (Fsp3) is 0.571. The maximum Gasteiger partial charge on any atom is 0.248 e. The third kappa shape index (κ3) is 8.65. The van der Waals surface area contributed by atoms with E-state index in [1.54, 1.807) is 0 Å². The Hall–Kier alpha value is -1.67. The Balaban J connectivity index is 3.33. The largest absolute Gasteiger partial charge is 0.353 e. The van der Waals surface area contributed by atoms with Crippen molar-refractivity contribution < 1.29 is 19.2 Å². The Labute approximate surface area is 86.5 Å². The van der Waals surface area contributed by atoms with Crippen LogP contribution in [0.4, 0.5) is 0 Å². The highest BCUT2D eigenvalue weighted by Gasteiger charge is 2.00. The topological polar surface area (TPSA) is 123 Å². The highest BCUT2D eigenvalue weighted by atomic mass is 16.6. The summed E-state index contributed by atoms with van der Waals surface area (Å²) in [7, 11) is 0. The first-order valence-corrected chi connectivity index (χ1v) is 4.22. The fourth-order valence-corrected chi connectivity index (χ4v) is 0.727. The van der Waals surface area contributed by atoms with Crippen LogP contribution < -0.4 is 21.8 Å². The van der Waals surface area contributed by atoms with Crippen LogP contribution in [-0.2, 0) is 19.2 Å². The second-order valence-corrected chi connectivity index (χ2v) is 2.51. The van der Waals surface area contributed by atoms with Crippen LogP contribution in [0.2, 0.25) is 0 Å². The van der Waals surface area contributed by atoms with E-state index in [1.165, 1.54) is 0 Å². The normalized spacial score (nSPS) is 9.13. The van der Waals surface area contributed by atoms with Gasteiger partial charge in [0.05, 0.1) is 6.54 Å². The number of carbonyl (C=O) groups excluding carboxylic acids is 3. The van der Waals surface area contributed by atoms with Crippen molar-refractivity contribution in [3.8, 4) is 0 Å². The van der Waals surface area contributed by atoms with Crippen molar-refractivity contribution in [3.63, 3.8) is 0 Å². The predicted octanol–water partition coefficient (Wildman–Crippen LogP) is -3.14. The third-order valence-electron chi connectivity index (χ3n) is 1.33. The lowest BCUT2D eigenvalue weighted by Gasteiger charge is -2.05. The molecule has 0 spiro atoms.